The highest BCUT2D eigenvalue weighted by atomic mass is 16.5. The number of benzene rings is 1. The van der Waals surface area contributed by atoms with Crippen LogP contribution in [0.5, 0.6) is 5.75 Å². The van der Waals surface area contributed by atoms with Gasteiger partial charge in [-0.3, -0.25) is 4.79 Å². The van der Waals surface area contributed by atoms with Gasteiger partial charge in [0.15, 0.2) is 6.10 Å². The third-order valence-electron chi connectivity index (χ3n) is 2.78. The SMILES string of the molecule is CCC(Oc1ccc(CCC(C)N)cc1)C(N)=O. The number of hydrogen-bond acceptors (Lipinski definition) is 3. The van der Waals surface area contributed by atoms with Crippen LogP contribution < -0.4 is 16.2 Å². The molecule has 0 aliphatic carbocycles. The van der Waals surface area contributed by atoms with Gasteiger partial charge in [0.25, 0.3) is 5.91 Å². The molecule has 100 valence electrons. The second-order valence-electron chi connectivity index (χ2n) is 4.58. The Balaban J connectivity index is 2.57. The summed E-state index contributed by atoms with van der Waals surface area (Å²) in [5.74, 6) is 0.240. The molecule has 0 aromatic heterocycles. The van der Waals surface area contributed by atoms with Crippen molar-refractivity contribution in [2.45, 2.75) is 45.3 Å². The van der Waals surface area contributed by atoms with Crippen molar-refractivity contribution >= 4 is 5.91 Å². The van der Waals surface area contributed by atoms with Crippen LogP contribution in [0.1, 0.15) is 32.3 Å². The zero-order valence-electron chi connectivity index (χ0n) is 11.1. The van der Waals surface area contributed by atoms with Crippen molar-refractivity contribution in [1.82, 2.24) is 0 Å². The van der Waals surface area contributed by atoms with Crippen LogP contribution in [0.4, 0.5) is 0 Å². The van der Waals surface area contributed by atoms with Crippen molar-refractivity contribution in [3.05, 3.63) is 29.8 Å². The van der Waals surface area contributed by atoms with Crippen LogP contribution >= 0.6 is 0 Å². The Labute approximate surface area is 108 Å². The average Bonchev–Trinajstić information content (AvgIpc) is 2.34. The zero-order valence-corrected chi connectivity index (χ0v) is 11.1. The van der Waals surface area contributed by atoms with Crippen LogP contribution in [0.15, 0.2) is 24.3 Å². The molecule has 0 saturated heterocycles. The van der Waals surface area contributed by atoms with Gasteiger partial charge >= 0.3 is 0 Å². The number of rotatable bonds is 7. The molecule has 4 N–H and O–H groups in total. The molecule has 0 radical (unpaired) electrons. The molecule has 4 heteroatoms. The van der Waals surface area contributed by atoms with Crippen molar-refractivity contribution in [3.8, 4) is 5.75 Å². The first-order valence-corrected chi connectivity index (χ1v) is 6.33. The number of primary amides is 1. The van der Waals surface area contributed by atoms with E-state index in [9.17, 15) is 4.79 Å². The second-order valence-corrected chi connectivity index (χ2v) is 4.58. The van der Waals surface area contributed by atoms with Crippen molar-refractivity contribution in [1.29, 1.82) is 0 Å². The predicted molar refractivity (Wildman–Crippen MR) is 72.3 cm³/mol. The van der Waals surface area contributed by atoms with Crippen LogP contribution in [-0.4, -0.2) is 18.1 Å². The molecule has 0 heterocycles. The summed E-state index contributed by atoms with van der Waals surface area (Å²) in [5, 5.41) is 0. The number of carbonyl (C=O) groups is 1. The number of ether oxygens (including phenoxy) is 1. The molecule has 1 aromatic carbocycles. The molecule has 18 heavy (non-hydrogen) atoms. The Morgan fingerprint density at radius 3 is 2.39 bits per heavy atom. The zero-order chi connectivity index (χ0) is 13.5. The molecule has 0 fully saturated rings. The van der Waals surface area contributed by atoms with E-state index in [2.05, 4.69) is 0 Å². The Hall–Kier alpha value is -1.55. The average molecular weight is 250 g/mol. The minimum atomic E-state index is -0.556. The molecular formula is C14H22N2O2. The van der Waals surface area contributed by atoms with E-state index in [1.807, 2.05) is 38.1 Å². The lowest BCUT2D eigenvalue weighted by Crippen LogP contribution is -2.32. The smallest absolute Gasteiger partial charge is 0.258 e. The number of nitrogens with two attached hydrogens (primary N) is 2. The molecule has 1 amide bonds. The summed E-state index contributed by atoms with van der Waals surface area (Å²) < 4.78 is 5.51. The molecule has 2 atom stereocenters. The summed E-state index contributed by atoms with van der Waals surface area (Å²) in [4.78, 5) is 11.1. The van der Waals surface area contributed by atoms with E-state index in [1.165, 1.54) is 5.56 Å². The fraction of sp³-hybridized carbons (Fsp3) is 0.500. The predicted octanol–water partition coefficient (Wildman–Crippen LogP) is 1.61. The highest BCUT2D eigenvalue weighted by Gasteiger charge is 2.14. The monoisotopic (exact) mass is 250 g/mol. The lowest BCUT2D eigenvalue weighted by molar-refractivity contribution is -0.124. The molecule has 0 saturated carbocycles. The minimum absolute atomic E-state index is 0.209. The van der Waals surface area contributed by atoms with Gasteiger partial charge in [-0.2, -0.15) is 0 Å². The number of carbonyl (C=O) groups excluding carboxylic acids is 1. The molecular weight excluding hydrogens is 228 g/mol. The first kappa shape index (κ1) is 14.5. The van der Waals surface area contributed by atoms with Crippen molar-refractivity contribution < 1.29 is 9.53 Å². The van der Waals surface area contributed by atoms with Gasteiger partial charge in [-0.15, -0.1) is 0 Å². The lowest BCUT2D eigenvalue weighted by atomic mass is 10.1. The van der Waals surface area contributed by atoms with Gasteiger partial charge in [0, 0.05) is 6.04 Å². The fourth-order valence-corrected chi connectivity index (χ4v) is 1.64. The van der Waals surface area contributed by atoms with Crippen molar-refractivity contribution in [3.63, 3.8) is 0 Å². The Bertz CT molecular complexity index is 374. The molecule has 1 aromatic rings. The maximum absolute atomic E-state index is 11.1. The largest absolute Gasteiger partial charge is 0.481 e. The number of amides is 1. The number of hydrogen-bond donors (Lipinski definition) is 2. The topological polar surface area (TPSA) is 78.3 Å². The van der Waals surface area contributed by atoms with Gasteiger partial charge in [0.1, 0.15) is 5.75 Å². The van der Waals surface area contributed by atoms with Gasteiger partial charge in [-0.1, -0.05) is 19.1 Å². The van der Waals surface area contributed by atoms with E-state index in [1.54, 1.807) is 0 Å². The maximum atomic E-state index is 11.1. The van der Waals surface area contributed by atoms with Crippen LogP contribution in [0, 0.1) is 0 Å². The highest BCUT2D eigenvalue weighted by molar-refractivity contribution is 5.79. The fourth-order valence-electron chi connectivity index (χ4n) is 1.64. The first-order chi connectivity index (χ1) is 8.52. The van der Waals surface area contributed by atoms with Crippen LogP contribution in [0.25, 0.3) is 0 Å². The van der Waals surface area contributed by atoms with E-state index < -0.39 is 12.0 Å². The van der Waals surface area contributed by atoms with Gasteiger partial charge in [0.2, 0.25) is 0 Å². The number of aryl methyl sites for hydroxylation is 1. The summed E-state index contributed by atoms with van der Waals surface area (Å²) in [7, 11) is 0. The van der Waals surface area contributed by atoms with Gasteiger partial charge in [-0.25, -0.2) is 0 Å². The van der Waals surface area contributed by atoms with E-state index in [-0.39, 0.29) is 6.04 Å². The third kappa shape index (κ3) is 4.75. The van der Waals surface area contributed by atoms with E-state index in [4.69, 9.17) is 16.2 Å². The molecule has 0 aliphatic rings. The quantitative estimate of drug-likeness (QED) is 0.771. The lowest BCUT2D eigenvalue weighted by Gasteiger charge is -2.14. The third-order valence-corrected chi connectivity index (χ3v) is 2.78. The van der Waals surface area contributed by atoms with Crippen molar-refractivity contribution in [2.75, 3.05) is 0 Å². The summed E-state index contributed by atoms with van der Waals surface area (Å²) in [6, 6.07) is 7.92. The molecule has 0 spiro atoms. The van der Waals surface area contributed by atoms with Gasteiger partial charge in [-0.05, 0) is 43.9 Å². The minimum Gasteiger partial charge on any atom is -0.481 e. The first-order valence-electron chi connectivity index (χ1n) is 6.33. The normalized spacial score (nSPS) is 13.9. The molecule has 0 aliphatic heterocycles. The molecule has 4 nitrogen and oxygen atoms in total. The van der Waals surface area contributed by atoms with E-state index in [0.717, 1.165) is 12.8 Å². The second kappa shape index (κ2) is 7.01. The molecule has 1 rings (SSSR count). The van der Waals surface area contributed by atoms with Crippen LogP contribution in [0.3, 0.4) is 0 Å². The standard InChI is InChI=1S/C14H22N2O2/c1-3-13(14(16)17)18-12-8-6-11(7-9-12)5-4-10(2)15/h6-10,13H,3-5,15H2,1-2H3,(H2,16,17). The Kier molecular flexibility index (Phi) is 5.65. The summed E-state index contributed by atoms with van der Waals surface area (Å²) in [5.41, 5.74) is 12.2. The van der Waals surface area contributed by atoms with Gasteiger partial charge < -0.3 is 16.2 Å². The molecule has 2 unspecified atom stereocenters. The van der Waals surface area contributed by atoms with Crippen molar-refractivity contribution in [2.24, 2.45) is 11.5 Å². The molecule has 0 bridgehead atoms. The summed E-state index contributed by atoms with van der Waals surface area (Å²) >= 11 is 0. The summed E-state index contributed by atoms with van der Waals surface area (Å²) in [6.07, 6.45) is 1.92. The Morgan fingerprint density at radius 2 is 1.94 bits per heavy atom. The van der Waals surface area contributed by atoms with E-state index >= 15 is 0 Å². The van der Waals surface area contributed by atoms with Crippen LogP contribution in [0.2, 0.25) is 0 Å². The Morgan fingerprint density at radius 1 is 1.33 bits per heavy atom. The van der Waals surface area contributed by atoms with E-state index in [0.29, 0.717) is 12.2 Å². The summed E-state index contributed by atoms with van der Waals surface area (Å²) in [6.45, 7) is 3.86. The highest BCUT2D eigenvalue weighted by Crippen LogP contribution is 2.16. The van der Waals surface area contributed by atoms with Gasteiger partial charge in [0.05, 0.1) is 0 Å². The van der Waals surface area contributed by atoms with Crippen LogP contribution in [-0.2, 0) is 11.2 Å². The maximum Gasteiger partial charge on any atom is 0.258 e.